The minimum absolute atomic E-state index is 0.524. The molecule has 2 unspecified atom stereocenters. The predicted molar refractivity (Wildman–Crippen MR) is 118 cm³/mol. The molecule has 2 aromatic rings. The van der Waals surface area contributed by atoms with E-state index in [0.717, 1.165) is 48.1 Å². The zero-order chi connectivity index (χ0) is 19.5. The summed E-state index contributed by atoms with van der Waals surface area (Å²) in [7, 11) is 2.30. The number of rotatable bonds is 5. The summed E-state index contributed by atoms with van der Waals surface area (Å²) in [5, 5.41) is 9.12. The normalized spacial score (nSPS) is 25.8. The lowest BCUT2D eigenvalue weighted by Gasteiger charge is -2.47. The maximum Gasteiger partial charge on any atom is 0.191 e. The zero-order valence-corrected chi connectivity index (χ0v) is 17.7. The molecule has 0 saturated carbocycles. The second kappa shape index (κ2) is 8.75. The third-order valence-corrected chi connectivity index (χ3v) is 6.64. The van der Waals surface area contributed by atoms with Gasteiger partial charge in [-0.1, -0.05) is 18.0 Å². The molecule has 3 heterocycles. The maximum atomic E-state index is 6.17. The Labute approximate surface area is 172 Å². The van der Waals surface area contributed by atoms with E-state index in [1.807, 2.05) is 18.2 Å². The highest BCUT2D eigenvalue weighted by Crippen LogP contribution is 2.32. The fourth-order valence-electron chi connectivity index (χ4n) is 4.89. The van der Waals surface area contributed by atoms with Crippen LogP contribution in [0, 0.1) is 0 Å². The monoisotopic (exact) mass is 401 g/mol. The lowest BCUT2D eigenvalue weighted by atomic mass is 9.82. The zero-order valence-electron chi connectivity index (χ0n) is 17.0. The van der Waals surface area contributed by atoms with E-state index in [1.54, 1.807) is 0 Å². The summed E-state index contributed by atoms with van der Waals surface area (Å²) in [5.74, 6) is 0.952. The molecular formula is C22H32ClN5. The first-order chi connectivity index (χ1) is 13.6. The number of aromatic amines is 1. The van der Waals surface area contributed by atoms with Crippen molar-refractivity contribution < 1.29 is 0 Å². The van der Waals surface area contributed by atoms with Crippen molar-refractivity contribution in [2.45, 2.75) is 63.6 Å². The first-order valence-corrected chi connectivity index (χ1v) is 11.0. The Morgan fingerprint density at radius 2 is 2.07 bits per heavy atom. The molecule has 2 saturated heterocycles. The van der Waals surface area contributed by atoms with Gasteiger partial charge in [-0.2, -0.15) is 0 Å². The molecule has 0 spiro atoms. The highest BCUT2D eigenvalue weighted by Gasteiger charge is 2.36. The molecule has 28 heavy (non-hydrogen) atoms. The molecule has 152 valence electrons. The van der Waals surface area contributed by atoms with Crippen LogP contribution in [0.3, 0.4) is 0 Å². The third kappa shape index (κ3) is 4.31. The second-order valence-corrected chi connectivity index (χ2v) is 8.67. The average molecular weight is 402 g/mol. The summed E-state index contributed by atoms with van der Waals surface area (Å²) in [6.07, 6.45) is 9.47. The molecule has 4 rings (SSSR count). The summed E-state index contributed by atoms with van der Waals surface area (Å²) in [6.45, 7) is 3.77. The van der Waals surface area contributed by atoms with Crippen LogP contribution in [0.15, 0.2) is 29.4 Å². The van der Waals surface area contributed by atoms with Crippen LogP contribution in [0.4, 0.5) is 0 Å². The van der Waals surface area contributed by atoms with Crippen LogP contribution in [-0.2, 0) is 6.42 Å². The number of hydrogen-bond donors (Lipinski definition) is 3. The molecule has 5 nitrogen and oxygen atoms in total. The topological polar surface area (TPSA) is 55.5 Å². The van der Waals surface area contributed by atoms with E-state index >= 15 is 0 Å². The summed E-state index contributed by atoms with van der Waals surface area (Å²) in [4.78, 5) is 10.8. The predicted octanol–water partition coefficient (Wildman–Crippen LogP) is 3.93. The fourth-order valence-corrected chi connectivity index (χ4v) is 5.06. The summed E-state index contributed by atoms with van der Waals surface area (Å²) in [6, 6.07) is 7.97. The van der Waals surface area contributed by atoms with Gasteiger partial charge in [-0.05, 0) is 69.8 Å². The number of benzene rings is 1. The third-order valence-electron chi connectivity index (χ3n) is 6.41. The van der Waals surface area contributed by atoms with Gasteiger partial charge >= 0.3 is 0 Å². The van der Waals surface area contributed by atoms with Gasteiger partial charge in [0.15, 0.2) is 5.96 Å². The Morgan fingerprint density at radius 1 is 1.29 bits per heavy atom. The standard InChI is InChI=1S/C22H32ClN5/c1-3-24-22(27-17-12-18-5-4-6-19(13-17)28(18)2)25-10-9-15-14-26-21-8-7-16(23)11-20(15)21/h7-8,11,14,17-19,26H,3-6,9-10,12-13H2,1-2H3,(H2,24,25,27). The molecule has 0 amide bonds. The van der Waals surface area contributed by atoms with E-state index in [1.165, 1.54) is 43.1 Å². The quantitative estimate of drug-likeness (QED) is 0.525. The minimum Gasteiger partial charge on any atom is -0.361 e. The fraction of sp³-hybridized carbons (Fsp3) is 0.591. The van der Waals surface area contributed by atoms with E-state index in [2.05, 4.69) is 40.7 Å². The number of guanidine groups is 1. The summed E-state index contributed by atoms with van der Waals surface area (Å²) < 4.78 is 0. The molecule has 2 aliphatic rings. The van der Waals surface area contributed by atoms with Gasteiger partial charge in [0.2, 0.25) is 0 Å². The lowest BCUT2D eigenvalue weighted by molar-refractivity contribution is 0.0526. The van der Waals surface area contributed by atoms with Crippen LogP contribution in [0.25, 0.3) is 10.9 Å². The van der Waals surface area contributed by atoms with Crippen LogP contribution < -0.4 is 10.6 Å². The highest BCUT2D eigenvalue weighted by molar-refractivity contribution is 6.31. The molecule has 2 bridgehead atoms. The number of aliphatic imine (C=N–C) groups is 1. The van der Waals surface area contributed by atoms with Gasteiger partial charge in [0.05, 0.1) is 0 Å². The van der Waals surface area contributed by atoms with Crippen LogP contribution in [0.5, 0.6) is 0 Å². The Balaban J connectivity index is 1.38. The molecule has 1 aromatic carbocycles. The second-order valence-electron chi connectivity index (χ2n) is 8.23. The molecule has 2 fully saturated rings. The van der Waals surface area contributed by atoms with Crippen molar-refractivity contribution in [1.82, 2.24) is 20.5 Å². The van der Waals surface area contributed by atoms with Gasteiger partial charge < -0.3 is 20.5 Å². The maximum absolute atomic E-state index is 6.17. The molecule has 0 radical (unpaired) electrons. The Morgan fingerprint density at radius 3 is 2.82 bits per heavy atom. The van der Waals surface area contributed by atoms with E-state index < -0.39 is 0 Å². The van der Waals surface area contributed by atoms with Crippen molar-refractivity contribution in [3.8, 4) is 0 Å². The smallest absolute Gasteiger partial charge is 0.191 e. The van der Waals surface area contributed by atoms with Crippen molar-refractivity contribution in [3.63, 3.8) is 0 Å². The lowest BCUT2D eigenvalue weighted by Crippen LogP contribution is -2.56. The van der Waals surface area contributed by atoms with Crippen molar-refractivity contribution in [1.29, 1.82) is 0 Å². The molecule has 3 N–H and O–H groups in total. The van der Waals surface area contributed by atoms with Gasteiger partial charge in [0, 0.05) is 53.3 Å². The molecular weight excluding hydrogens is 370 g/mol. The first kappa shape index (κ1) is 19.6. The van der Waals surface area contributed by atoms with Crippen molar-refractivity contribution in [2.24, 2.45) is 4.99 Å². The highest BCUT2D eigenvalue weighted by atomic mass is 35.5. The van der Waals surface area contributed by atoms with Crippen molar-refractivity contribution >= 4 is 28.5 Å². The number of fused-ring (bicyclic) bond motifs is 3. The minimum atomic E-state index is 0.524. The van der Waals surface area contributed by atoms with Gasteiger partial charge in [0.1, 0.15) is 0 Å². The van der Waals surface area contributed by atoms with Crippen molar-refractivity contribution in [3.05, 3.63) is 35.0 Å². The van der Waals surface area contributed by atoms with Crippen LogP contribution >= 0.6 is 11.6 Å². The molecule has 2 aliphatic heterocycles. The Hall–Kier alpha value is -1.72. The first-order valence-electron chi connectivity index (χ1n) is 10.7. The average Bonchev–Trinajstić information content (AvgIpc) is 3.05. The van der Waals surface area contributed by atoms with Gasteiger partial charge in [-0.25, -0.2) is 0 Å². The number of nitrogens with one attached hydrogen (secondary N) is 3. The molecule has 1 aromatic heterocycles. The number of piperidine rings is 2. The van der Waals surface area contributed by atoms with Crippen LogP contribution in [0.2, 0.25) is 5.02 Å². The van der Waals surface area contributed by atoms with Crippen LogP contribution in [-0.4, -0.2) is 54.1 Å². The number of halogens is 1. The Bertz CT molecular complexity index is 815. The van der Waals surface area contributed by atoms with E-state index in [0.29, 0.717) is 6.04 Å². The van der Waals surface area contributed by atoms with E-state index in [-0.39, 0.29) is 0 Å². The number of aromatic nitrogens is 1. The number of nitrogens with zero attached hydrogens (tertiary/aromatic N) is 2. The van der Waals surface area contributed by atoms with Crippen molar-refractivity contribution in [2.75, 3.05) is 20.1 Å². The van der Waals surface area contributed by atoms with Gasteiger partial charge in [-0.3, -0.25) is 4.99 Å². The number of H-pyrrole nitrogens is 1. The van der Waals surface area contributed by atoms with Gasteiger partial charge in [0.25, 0.3) is 0 Å². The molecule has 0 aliphatic carbocycles. The summed E-state index contributed by atoms with van der Waals surface area (Å²) in [5.41, 5.74) is 2.40. The van der Waals surface area contributed by atoms with Crippen LogP contribution in [0.1, 0.15) is 44.6 Å². The molecule has 2 atom stereocenters. The SMILES string of the molecule is CCNC(=NCCc1c[nH]c2ccc(Cl)cc12)NC1CC2CCCC(C1)N2C. The van der Waals surface area contributed by atoms with E-state index in [4.69, 9.17) is 16.6 Å². The van der Waals surface area contributed by atoms with Gasteiger partial charge in [-0.15, -0.1) is 0 Å². The largest absolute Gasteiger partial charge is 0.361 e. The number of hydrogen-bond acceptors (Lipinski definition) is 2. The molecule has 6 heteroatoms. The Kier molecular flexibility index (Phi) is 6.12. The summed E-state index contributed by atoms with van der Waals surface area (Å²) >= 11 is 6.17. The van der Waals surface area contributed by atoms with E-state index in [9.17, 15) is 0 Å².